The van der Waals surface area contributed by atoms with Gasteiger partial charge in [0.15, 0.2) is 0 Å². The molecule has 20 heavy (non-hydrogen) atoms. The number of hydrogen-bond donors (Lipinski definition) is 0. The molecule has 0 radical (unpaired) electrons. The SMILES string of the molecule is CCS(=O)(=O)N1CCc2cc3ccc(OC)cc3nc21. The van der Waals surface area contributed by atoms with Gasteiger partial charge in [-0.1, -0.05) is 0 Å². The van der Waals surface area contributed by atoms with Crippen LogP contribution in [0, 0.1) is 0 Å². The van der Waals surface area contributed by atoms with Crippen LogP contribution in [-0.2, 0) is 16.4 Å². The smallest absolute Gasteiger partial charge is 0.236 e. The Hall–Kier alpha value is -1.82. The molecule has 0 atom stereocenters. The number of benzene rings is 1. The molecule has 0 spiro atoms. The maximum Gasteiger partial charge on any atom is 0.236 e. The maximum absolute atomic E-state index is 12.1. The molecule has 5 nitrogen and oxygen atoms in total. The van der Waals surface area contributed by atoms with E-state index in [1.807, 2.05) is 24.3 Å². The fraction of sp³-hybridized carbons (Fsp3) is 0.357. The molecule has 0 bridgehead atoms. The van der Waals surface area contributed by atoms with E-state index in [2.05, 4.69) is 4.98 Å². The first kappa shape index (κ1) is 13.2. The van der Waals surface area contributed by atoms with Crippen LogP contribution in [0.15, 0.2) is 24.3 Å². The minimum atomic E-state index is -3.26. The normalized spacial score (nSPS) is 14.6. The van der Waals surface area contributed by atoms with Gasteiger partial charge in [-0.15, -0.1) is 0 Å². The van der Waals surface area contributed by atoms with Gasteiger partial charge in [-0.25, -0.2) is 13.4 Å². The molecular formula is C14H16N2O3S. The second-order valence-corrected chi connectivity index (χ2v) is 6.93. The standard InChI is InChI=1S/C14H16N2O3S/c1-3-20(17,18)16-7-6-11-8-10-4-5-12(19-2)9-13(10)15-14(11)16/h4-5,8-9H,3,6-7H2,1-2H3. The Bertz CT molecular complexity index is 771. The Balaban J connectivity index is 2.17. The van der Waals surface area contributed by atoms with Gasteiger partial charge in [0.25, 0.3) is 0 Å². The molecule has 0 N–H and O–H groups in total. The lowest BCUT2D eigenvalue weighted by Crippen LogP contribution is -2.31. The number of rotatable bonds is 3. The summed E-state index contributed by atoms with van der Waals surface area (Å²) in [5.41, 5.74) is 1.74. The number of aromatic nitrogens is 1. The Labute approximate surface area is 118 Å². The van der Waals surface area contributed by atoms with Crippen molar-refractivity contribution in [3.05, 3.63) is 29.8 Å². The maximum atomic E-state index is 12.1. The number of methoxy groups -OCH3 is 1. The van der Waals surface area contributed by atoms with Gasteiger partial charge in [0.1, 0.15) is 11.6 Å². The quantitative estimate of drug-likeness (QED) is 0.867. The molecule has 6 heteroatoms. The first-order chi connectivity index (χ1) is 9.55. The number of ether oxygens (including phenoxy) is 1. The highest BCUT2D eigenvalue weighted by Gasteiger charge is 2.29. The van der Waals surface area contributed by atoms with E-state index in [0.29, 0.717) is 24.5 Å². The predicted octanol–water partition coefficient (Wildman–Crippen LogP) is 1.96. The summed E-state index contributed by atoms with van der Waals surface area (Å²) in [6.45, 7) is 2.13. The van der Waals surface area contributed by atoms with E-state index in [1.165, 1.54) is 4.31 Å². The largest absolute Gasteiger partial charge is 0.497 e. The highest BCUT2D eigenvalue weighted by molar-refractivity contribution is 7.92. The lowest BCUT2D eigenvalue weighted by molar-refractivity contribution is 0.415. The van der Waals surface area contributed by atoms with Crippen molar-refractivity contribution in [2.75, 3.05) is 23.7 Å². The van der Waals surface area contributed by atoms with Crippen molar-refractivity contribution in [3.8, 4) is 5.75 Å². The third kappa shape index (κ3) is 2.00. The average molecular weight is 292 g/mol. The molecule has 1 aliphatic rings. The van der Waals surface area contributed by atoms with Crippen LogP contribution in [0.1, 0.15) is 12.5 Å². The fourth-order valence-electron chi connectivity index (χ4n) is 2.46. The molecule has 3 rings (SSSR count). The number of nitrogens with zero attached hydrogens (tertiary/aromatic N) is 2. The van der Waals surface area contributed by atoms with Gasteiger partial charge in [0.2, 0.25) is 10.0 Å². The lowest BCUT2D eigenvalue weighted by atomic mass is 10.1. The summed E-state index contributed by atoms with van der Waals surface area (Å²) < 4.78 is 30.8. The zero-order chi connectivity index (χ0) is 14.3. The first-order valence-corrected chi connectivity index (χ1v) is 8.14. The Morgan fingerprint density at radius 1 is 1.35 bits per heavy atom. The van der Waals surface area contributed by atoms with Crippen molar-refractivity contribution in [2.45, 2.75) is 13.3 Å². The summed E-state index contributed by atoms with van der Waals surface area (Å²) in [5, 5.41) is 1.00. The summed E-state index contributed by atoms with van der Waals surface area (Å²) in [6.07, 6.45) is 0.712. The molecule has 0 aliphatic carbocycles. The van der Waals surface area contributed by atoms with Crippen LogP contribution < -0.4 is 9.04 Å². The third-order valence-electron chi connectivity index (χ3n) is 3.60. The molecular weight excluding hydrogens is 276 g/mol. The van der Waals surface area contributed by atoms with Crippen molar-refractivity contribution in [1.82, 2.24) is 4.98 Å². The molecule has 0 unspecified atom stereocenters. The van der Waals surface area contributed by atoms with E-state index >= 15 is 0 Å². The molecule has 0 saturated heterocycles. The van der Waals surface area contributed by atoms with Gasteiger partial charge in [0, 0.05) is 18.0 Å². The summed E-state index contributed by atoms with van der Waals surface area (Å²) in [4.78, 5) is 4.53. The van der Waals surface area contributed by atoms with Gasteiger partial charge in [-0.3, -0.25) is 4.31 Å². The number of pyridine rings is 1. The van der Waals surface area contributed by atoms with Crippen molar-refractivity contribution >= 4 is 26.7 Å². The first-order valence-electron chi connectivity index (χ1n) is 6.53. The Morgan fingerprint density at radius 3 is 2.85 bits per heavy atom. The number of hydrogen-bond acceptors (Lipinski definition) is 4. The van der Waals surface area contributed by atoms with Gasteiger partial charge >= 0.3 is 0 Å². The van der Waals surface area contributed by atoms with Crippen molar-refractivity contribution in [1.29, 1.82) is 0 Å². The average Bonchev–Trinajstić information content (AvgIpc) is 2.87. The van der Waals surface area contributed by atoms with Gasteiger partial charge in [0.05, 0.1) is 18.4 Å². The van der Waals surface area contributed by atoms with Gasteiger partial charge < -0.3 is 4.74 Å². The van der Waals surface area contributed by atoms with E-state index in [-0.39, 0.29) is 5.75 Å². The minimum absolute atomic E-state index is 0.0876. The zero-order valence-electron chi connectivity index (χ0n) is 11.5. The second kappa shape index (κ2) is 4.63. The highest BCUT2D eigenvalue weighted by Crippen LogP contribution is 2.32. The van der Waals surface area contributed by atoms with E-state index < -0.39 is 10.0 Å². The Morgan fingerprint density at radius 2 is 2.15 bits per heavy atom. The van der Waals surface area contributed by atoms with Crippen molar-refractivity contribution in [2.24, 2.45) is 0 Å². The number of sulfonamides is 1. The van der Waals surface area contributed by atoms with Crippen molar-refractivity contribution < 1.29 is 13.2 Å². The van der Waals surface area contributed by atoms with Crippen molar-refractivity contribution in [3.63, 3.8) is 0 Å². The van der Waals surface area contributed by atoms with Crippen LogP contribution in [0.5, 0.6) is 5.75 Å². The molecule has 2 aromatic rings. The van der Waals surface area contributed by atoms with Crippen LogP contribution in [0.25, 0.3) is 10.9 Å². The number of fused-ring (bicyclic) bond motifs is 2. The van der Waals surface area contributed by atoms with Crippen LogP contribution in [-0.4, -0.2) is 32.8 Å². The summed E-state index contributed by atoms with van der Waals surface area (Å²) in [7, 11) is -1.66. The van der Waals surface area contributed by atoms with E-state index in [0.717, 1.165) is 16.5 Å². The molecule has 1 aliphatic heterocycles. The van der Waals surface area contributed by atoms with Crippen LogP contribution in [0.3, 0.4) is 0 Å². The van der Waals surface area contributed by atoms with Gasteiger partial charge in [-0.2, -0.15) is 0 Å². The summed E-state index contributed by atoms with van der Waals surface area (Å²) in [6, 6.07) is 7.66. The topological polar surface area (TPSA) is 59.5 Å². The second-order valence-electron chi connectivity index (χ2n) is 4.75. The monoisotopic (exact) mass is 292 g/mol. The molecule has 0 saturated carbocycles. The highest BCUT2D eigenvalue weighted by atomic mass is 32.2. The van der Waals surface area contributed by atoms with Crippen LogP contribution >= 0.6 is 0 Å². The molecule has 106 valence electrons. The molecule has 0 fully saturated rings. The summed E-state index contributed by atoms with van der Waals surface area (Å²) in [5.74, 6) is 1.37. The molecule has 1 aromatic carbocycles. The zero-order valence-corrected chi connectivity index (χ0v) is 12.3. The van der Waals surface area contributed by atoms with E-state index in [4.69, 9.17) is 4.74 Å². The molecule has 0 amide bonds. The molecule has 2 heterocycles. The van der Waals surface area contributed by atoms with Crippen LogP contribution in [0.2, 0.25) is 0 Å². The van der Waals surface area contributed by atoms with Gasteiger partial charge in [-0.05, 0) is 37.1 Å². The number of anilines is 1. The lowest BCUT2D eigenvalue weighted by Gasteiger charge is -2.17. The third-order valence-corrected chi connectivity index (χ3v) is 5.36. The Kier molecular flexibility index (Phi) is 3.05. The molecule has 1 aromatic heterocycles. The summed E-state index contributed by atoms with van der Waals surface area (Å²) >= 11 is 0. The fourth-order valence-corrected chi connectivity index (χ4v) is 3.56. The van der Waals surface area contributed by atoms with E-state index in [9.17, 15) is 8.42 Å². The predicted molar refractivity (Wildman–Crippen MR) is 78.8 cm³/mol. The minimum Gasteiger partial charge on any atom is -0.497 e. The van der Waals surface area contributed by atoms with Crippen LogP contribution in [0.4, 0.5) is 5.82 Å². The van der Waals surface area contributed by atoms with E-state index in [1.54, 1.807) is 14.0 Å².